The van der Waals surface area contributed by atoms with Crippen LogP contribution >= 0.6 is 35.6 Å². The second-order valence-corrected chi connectivity index (χ2v) is 7.56. The van der Waals surface area contributed by atoms with Gasteiger partial charge in [0, 0.05) is 47.4 Å². The van der Waals surface area contributed by atoms with Gasteiger partial charge in [-0.05, 0) is 48.6 Å². The Morgan fingerprint density at radius 2 is 1.88 bits per heavy atom. The molecule has 2 rings (SSSR count). The maximum absolute atomic E-state index is 5.89. The Bertz CT molecular complexity index is 726. The third-order valence-electron chi connectivity index (χ3n) is 3.71. The second-order valence-electron chi connectivity index (χ2n) is 5.57. The van der Waals surface area contributed by atoms with E-state index >= 15 is 0 Å². The molecule has 0 aliphatic rings. The fourth-order valence-electron chi connectivity index (χ4n) is 2.30. The standard InChI is InChI=1S/C19H23ClN2O2S2/c1-22(13-14-4-7-16(23-2)12-18(14)24-3)19(25)21-10-11-26-17-8-5-15(20)6-9-17/h4-9,12H,10-11,13H2,1-3H3,(H,21,25). The average molecular weight is 411 g/mol. The zero-order valence-electron chi connectivity index (χ0n) is 15.1. The third-order valence-corrected chi connectivity index (χ3v) is 5.43. The Balaban J connectivity index is 1.79. The molecule has 26 heavy (non-hydrogen) atoms. The summed E-state index contributed by atoms with van der Waals surface area (Å²) < 4.78 is 10.7. The third kappa shape index (κ3) is 6.27. The highest BCUT2D eigenvalue weighted by Gasteiger charge is 2.10. The first-order chi connectivity index (χ1) is 12.5. The topological polar surface area (TPSA) is 33.7 Å². The molecule has 0 fully saturated rings. The molecular weight excluding hydrogens is 388 g/mol. The van der Waals surface area contributed by atoms with E-state index in [1.54, 1.807) is 26.0 Å². The van der Waals surface area contributed by atoms with E-state index in [4.69, 9.17) is 33.3 Å². The van der Waals surface area contributed by atoms with E-state index in [1.807, 2.05) is 54.4 Å². The summed E-state index contributed by atoms with van der Waals surface area (Å²) in [4.78, 5) is 3.19. The summed E-state index contributed by atoms with van der Waals surface area (Å²) in [6.45, 7) is 1.44. The van der Waals surface area contributed by atoms with E-state index < -0.39 is 0 Å². The van der Waals surface area contributed by atoms with Gasteiger partial charge in [0.05, 0.1) is 14.2 Å². The molecule has 1 N–H and O–H groups in total. The summed E-state index contributed by atoms with van der Waals surface area (Å²) in [5.41, 5.74) is 1.05. The van der Waals surface area contributed by atoms with Crippen molar-refractivity contribution >= 4 is 40.7 Å². The van der Waals surface area contributed by atoms with Crippen LogP contribution in [0.3, 0.4) is 0 Å². The van der Waals surface area contributed by atoms with Gasteiger partial charge in [-0.15, -0.1) is 11.8 Å². The van der Waals surface area contributed by atoms with Crippen LogP contribution in [0.1, 0.15) is 5.56 Å². The molecule has 0 atom stereocenters. The maximum Gasteiger partial charge on any atom is 0.169 e. The highest BCUT2D eigenvalue weighted by atomic mass is 35.5. The van der Waals surface area contributed by atoms with Gasteiger partial charge in [0.2, 0.25) is 0 Å². The average Bonchev–Trinajstić information content (AvgIpc) is 2.66. The number of halogens is 1. The van der Waals surface area contributed by atoms with Crippen LogP contribution in [0.15, 0.2) is 47.4 Å². The van der Waals surface area contributed by atoms with Gasteiger partial charge in [0.15, 0.2) is 5.11 Å². The summed E-state index contributed by atoms with van der Waals surface area (Å²) in [7, 11) is 5.26. The Kier molecular flexibility index (Phi) is 8.35. The van der Waals surface area contributed by atoms with Crippen molar-refractivity contribution in [1.82, 2.24) is 10.2 Å². The molecule has 4 nitrogen and oxygen atoms in total. The first-order valence-corrected chi connectivity index (χ1v) is 9.89. The number of nitrogens with one attached hydrogen (secondary N) is 1. The van der Waals surface area contributed by atoms with Crippen LogP contribution in [0.25, 0.3) is 0 Å². The van der Waals surface area contributed by atoms with Gasteiger partial charge in [0.1, 0.15) is 11.5 Å². The Labute approximate surface area is 169 Å². The molecule has 0 unspecified atom stereocenters. The number of thiocarbonyl (C=S) groups is 1. The van der Waals surface area contributed by atoms with Gasteiger partial charge in [-0.2, -0.15) is 0 Å². The molecule has 7 heteroatoms. The van der Waals surface area contributed by atoms with E-state index in [0.29, 0.717) is 11.7 Å². The largest absolute Gasteiger partial charge is 0.497 e. The number of rotatable bonds is 8. The van der Waals surface area contributed by atoms with E-state index in [1.165, 1.54) is 4.90 Å². The van der Waals surface area contributed by atoms with Crippen LogP contribution in [-0.4, -0.2) is 43.6 Å². The van der Waals surface area contributed by atoms with E-state index in [9.17, 15) is 0 Å². The molecule has 0 saturated heterocycles. The van der Waals surface area contributed by atoms with Crippen LogP contribution < -0.4 is 14.8 Å². The Hall–Kier alpha value is -1.63. The van der Waals surface area contributed by atoms with Crippen LogP contribution in [0.2, 0.25) is 5.02 Å². The molecule has 0 saturated carbocycles. The second kappa shape index (κ2) is 10.5. The van der Waals surface area contributed by atoms with E-state index in [-0.39, 0.29) is 0 Å². The molecule has 0 spiro atoms. The van der Waals surface area contributed by atoms with Crippen molar-refractivity contribution in [3.05, 3.63) is 53.1 Å². The summed E-state index contributed by atoms with van der Waals surface area (Å²) in [6, 6.07) is 13.6. The summed E-state index contributed by atoms with van der Waals surface area (Å²) >= 11 is 13.1. The van der Waals surface area contributed by atoms with Gasteiger partial charge in [0.25, 0.3) is 0 Å². The van der Waals surface area contributed by atoms with E-state index in [0.717, 1.165) is 34.4 Å². The van der Waals surface area contributed by atoms with Gasteiger partial charge in [-0.3, -0.25) is 0 Å². The molecule has 0 aromatic heterocycles. The Morgan fingerprint density at radius 1 is 1.15 bits per heavy atom. The monoisotopic (exact) mass is 410 g/mol. The molecule has 2 aromatic rings. The van der Waals surface area contributed by atoms with Crippen molar-refractivity contribution < 1.29 is 9.47 Å². The number of methoxy groups -OCH3 is 2. The Morgan fingerprint density at radius 3 is 2.54 bits per heavy atom. The number of nitrogens with zero attached hydrogens (tertiary/aromatic N) is 1. The molecule has 0 amide bonds. The lowest BCUT2D eigenvalue weighted by Crippen LogP contribution is -2.37. The van der Waals surface area contributed by atoms with Gasteiger partial charge in [-0.25, -0.2) is 0 Å². The van der Waals surface area contributed by atoms with Gasteiger partial charge < -0.3 is 19.7 Å². The molecule has 0 bridgehead atoms. The minimum Gasteiger partial charge on any atom is -0.497 e. The highest BCUT2D eigenvalue weighted by molar-refractivity contribution is 7.99. The molecule has 0 heterocycles. The van der Waals surface area contributed by atoms with Crippen LogP contribution in [0.5, 0.6) is 11.5 Å². The normalized spacial score (nSPS) is 10.3. The molecular formula is C19H23ClN2O2S2. The smallest absolute Gasteiger partial charge is 0.169 e. The first kappa shape index (κ1) is 20.7. The lowest BCUT2D eigenvalue weighted by Gasteiger charge is -2.22. The van der Waals surface area contributed by atoms with Crippen molar-refractivity contribution in [2.24, 2.45) is 0 Å². The molecule has 0 aliphatic carbocycles. The number of thioether (sulfide) groups is 1. The zero-order valence-corrected chi connectivity index (χ0v) is 17.5. The van der Waals surface area contributed by atoms with Crippen molar-refractivity contribution in [2.45, 2.75) is 11.4 Å². The lowest BCUT2D eigenvalue weighted by atomic mass is 10.2. The number of hydrogen-bond acceptors (Lipinski definition) is 4. The number of hydrogen-bond donors (Lipinski definition) is 1. The van der Waals surface area contributed by atoms with Crippen LogP contribution in [-0.2, 0) is 6.54 Å². The van der Waals surface area contributed by atoms with E-state index in [2.05, 4.69) is 5.32 Å². The van der Waals surface area contributed by atoms with Crippen molar-refractivity contribution in [1.29, 1.82) is 0 Å². The predicted molar refractivity (Wildman–Crippen MR) is 114 cm³/mol. The minimum absolute atomic E-state index is 0.656. The van der Waals surface area contributed by atoms with Crippen molar-refractivity contribution in [3.8, 4) is 11.5 Å². The fourth-order valence-corrected chi connectivity index (χ4v) is 3.36. The predicted octanol–water partition coefficient (Wildman–Crippen LogP) is 4.46. The highest BCUT2D eigenvalue weighted by Crippen LogP contribution is 2.25. The van der Waals surface area contributed by atoms with Crippen molar-refractivity contribution in [2.75, 3.05) is 33.6 Å². The summed E-state index contributed by atoms with van der Waals surface area (Å²) in [5, 5.41) is 4.75. The molecule has 2 aromatic carbocycles. The zero-order chi connectivity index (χ0) is 18.9. The summed E-state index contributed by atoms with van der Waals surface area (Å²) in [5.74, 6) is 2.48. The number of benzene rings is 2. The lowest BCUT2D eigenvalue weighted by molar-refractivity contribution is 0.383. The van der Waals surface area contributed by atoms with Crippen LogP contribution in [0, 0.1) is 0 Å². The maximum atomic E-state index is 5.89. The molecule has 140 valence electrons. The van der Waals surface area contributed by atoms with Gasteiger partial charge >= 0.3 is 0 Å². The van der Waals surface area contributed by atoms with Crippen LogP contribution in [0.4, 0.5) is 0 Å². The minimum atomic E-state index is 0.656. The quantitative estimate of drug-likeness (QED) is 0.393. The summed E-state index contributed by atoms with van der Waals surface area (Å²) in [6.07, 6.45) is 0. The number of ether oxygens (including phenoxy) is 2. The first-order valence-electron chi connectivity index (χ1n) is 8.11. The van der Waals surface area contributed by atoms with Crippen molar-refractivity contribution in [3.63, 3.8) is 0 Å². The fraction of sp³-hybridized carbons (Fsp3) is 0.316. The van der Waals surface area contributed by atoms with Gasteiger partial charge in [-0.1, -0.05) is 11.6 Å². The molecule has 0 radical (unpaired) electrons. The SMILES string of the molecule is COc1ccc(CN(C)C(=S)NCCSc2ccc(Cl)cc2)c(OC)c1. The molecule has 0 aliphatic heterocycles.